The van der Waals surface area contributed by atoms with Crippen LogP contribution in [0.15, 0.2) is 59.8 Å². The molecule has 1 fully saturated rings. The molecule has 0 spiro atoms. The summed E-state index contributed by atoms with van der Waals surface area (Å²) in [6, 6.07) is 17.8. The molecule has 1 saturated heterocycles. The van der Waals surface area contributed by atoms with Crippen molar-refractivity contribution in [2.45, 2.75) is 31.8 Å². The molecule has 5 nitrogen and oxygen atoms in total. The quantitative estimate of drug-likeness (QED) is 0.913. The summed E-state index contributed by atoms with van der Waals surface area (Å²) in [5.74, 6) is -0.180. The Hall–Kier alpha value is -2.82. The second-order valence-electron chi connectivity index (χ2n) is 7.10. The van der Waals surface area contributed by atoms with E-state index in [4.69, 9.17) is 4.84 Å². The van der Waals surface area contributed by atoms with Crippen LogP contribution >= 0.6 is 0 Å². The van der Waals surface area contributed by atoms with Crippen LogP contribution in [-0.4, -0.2) is 30.3 Å². The van der Waals surface area contributed by atoms with Crippen LogP contribution in [0.2, 0.25) is 0 Å². The van der Waals surface area contributed by atoms with Gasteiger partial charge in [-0.1, -0.05) is 35.5 Å². The molecular weight excluding hydrogens is 326 g/mol. The van der Waals surface area contributed by atoms with Crippen molar-refractivity contribution in [3.63, 3.8) is 0 Å². The van der Waals surface area contributed by atoms with Crippen molar-refractivity contribution < 1.29 is 9.63 Å². The minimum atomic E-state index is -0.987. The van der Waals surface area contributed by atoms with E-state index in [2.05, 4.69) is 27.5 Å². The molecule has 5 heteroatoms. The van der Waals surface area contributed by atoms with Gasteiger partial charge in [0.2, 0.25) is 5.60 Å². The van der Waals surface area contributed by atoms with E-state index in [0.29, 0.717) is 6.42 Å². The number of hydrogen-bond donors (Lipinski definition) is 1. The van der Waals surface area contributed by atoms with Crippen molar-refractivity contribution in [2.24, 2.45) is 5.16 Å². The third-order valence-electron chi connectivity index (χ3n) is 5.05. The molecular formula is C21H23N3O2. The molecule has 4 rings (SSSR count). The van der Waals surface area contributed by atoms with E-state index < -0.39 is 5.60 Å². The summed E-state index contributed by atoms with van der Waals surface area (Å²) in [4.78, 5) is 20.6. The summed E-state index contributed by atoms with van der Waals surface area (Å²) in [5, 5.41) is 7.10. The van der Waals surface area contributed by atoms with Gasteiger partial charge in [-0.2, -0.15) is 0 Å². The number of carbonyl (C=O) groups is 1. The Morgan fingerprint density at radius 3 is 2.46 bits per heavy atom. The predicted octanol–water partition coefficient (Wildman–Crippen LogP) is 3.81. The zero-order chi connectivity index (χ0) is 18.0. The van der Waals surface area contributed by atoms with Gasteiger partial charge in [0.05, 0.1) is 5.71 Å². The maximum atomic E-state index is 12.7. The summed E-state index contributed by atoms with van der Waals surface area (Å²) in [6.45, 7) is 3.99. The first-order valence-electron chi connectivity index (χ1n) is 9.11. The molecule has 2 aliphatic heterocycles. The van der Waals surface area contributed by atoms with E-state index in [1.165, 1.54) is 18.5 Å². The van der Waals surface area contributed by atoms with Crippen LogP contribution < -0.4 is 10.2 Å². The smallest absolute Gasteiger partial charge is 0.271 e. The molecule has 0 saturated carbocycles. The molecule has 1 amide bonds. The van der Waals surface area contributed by atoms with Gasteiger partial charge in [-0.25, -0.2) is 0 Å². The molecule has 2 heterocycles. The van der Waals surface area contributed by atoms with Crippen LogP contribution in [-0.2, 0) is 9.63 Å². The molecule has 1 N–H and O–H groups in total. The lowest BCUT2D eigenvalue weighted by Gasteiger charge is -2.21. The van der Waals surface area contributed by atoms with E-state index in [1.807, 2.05) is 42.5 Å². The lowest BCUT2D eigenvalue weighted by Crippen LogP contribution is -2.40. The van der Waals surface area contributed by atoms with Crippen molar-refractivity contribution in [2.75, 3.05) is 23.3 Å². The fourth-order valence-electron chi connectivity index (χ4n) is 3.44. The zero-order valence-electron chi connectivity index (χ0n) is 14.9. The molecule has 0 radical (unpaired) electrons. The van der Waals surface area contributed by atoms with Crippen LogP contribution in [0.4, 0.5) is 11.4 Å². The average molecular weight is 349 g/mol. The standard InChI is InChI=1S/C21H23N3O2/c1-21(15-19(23-26-21)16-7-3-2-4-8-16)20(25)22-17-9-11-18(12-10-17)24-13-5-6-14-24/h2-4,7-12H,5-6,13-15H2,1H3,(H,22,25). The molecule has 134 valence electrons. The van der Waals surface area contributed by atoms with Gasteiger partial charge in [0.15, 0.2) is 0 Å². The molecule has 2 aromatic carbocycles. The van der Waals surface area contributed by atoms with Gasteiger partial charge in [0, 0.05) is 30.9 Å². The third-order valence-corrected chi connectivity index (χ3v) is 5.05. The second-order valence-corrected chi connectivity index (χ2v) is 7.10. The van der Waals surface area contributed by atoms with Gasteiger partial charge in [-0.05, 0) is 49.6 Å². The van der Waals surface area contributed by atoms with Crippen LogP contribution in [0.5, 0.6) is 0 Å². The number of amides is 1. The van der Waals surface area contributed by atoms with E-state index in [-0.39, 0.29) is 5.91 Å². The Labute approximate surface area is 153 Å². The minimum absolute atomic E-state index is 0.180. The SMILES string of the molecule is CC1(C(=O)Nc2ccc(N3CCCC3)cc2)CC(c2ccccc2)=NO1. The summed E-state index contributed by atoms with van der Waals surface area (Å²) >= 11 is 0. The predicted molar refractivity (Wildman–Crippen MR) is 104 cm³/mol. The van der Waals surface area contributed by atoms with Gasteiger partial charge in [0.25, 0.3) is 5.91 Å². The van der Waals surface area contributed by atoms with Crippen molar-refractivity contribution in [1.82, 2.24) is 0 Å². The maximum absolute atomic E-state index is 12.7. The Kier molecular flexibility index (Phi) is 4.37. The van der Waals surface area contributed by atoms with Gasteiger partial charge in [-0.3, -0.25) is 4.79 Å². The van der Waals surface area contributed by atoms with Crippen molar-refractivity contribution in [1.29, 1.82) is 0 Å². The van der Waals surface area contributed by atoms with E-state index >= 15 is 0 Å². The van der Waals surface area contributed by atoms with E-state index in [1.54, 1.807) is 6.92 Å². The highest BCUT2D eigenvalue weighted by Gasteiger charge is 2.42. The summed E-state index contributed by atoms with van der Waals surface area (Å²) in [5.41, 5.74) is 2.78. The first kappa shape index (κ1) is 16.6. The third kappa shape index (κ3) is 3.29. The minimum Gasteiger partial charge on any atom is -0.379 e. The highest BCUT2D eigenvalue weighted by atomic mass is 16.7. The van der Waals surface area contributed by atoms with Gasteiger partial charge in [-0.15, -0.1) is 0 Å². The van der Waals surface area contributed by atoms with Gasteiger partial charge in [0.1, 0.15) is 0 Å². The molecule has 0 aliphatic carbocycles. The molecule has 1 unspecified atom stereocenters. The lowest BCUT2D eigenvalue weighted by molar-refractivity contribution is -0.135. The number of rotatable bonds is 4. The van der Waals surface area contributed by atoms with Crippen molar-refractivity contribution in [3.05, 3.63) is 60.2 Å². The highest BCUT2D eigenvalue weighted by molar-refractivity contribution is 6.07. The van der Waals surface area contributed by atoms with Crippen molar-refractivity contribution in [3.8, 4) is 0 Å². The molecule has 2 aliphatic rings. The fourth-order valence-corrected chi connectivity index (χ4v) is 3.44. The summed E-state index contributed by atoms with van der Waals surface area (Å²) in [7, 11) is 0. The Balaban J connectivity index is 1.40. The number of oxime groups is 1. The largest absolute Gasteiger partial charge is 0.379 e. The second kappa shape index (κ2) is 6.83. The normalized spacial score (nSPS) is 22.0. The van der Waals surface area contributed by atoms with Crippen LogP contribution in [0.1, 0.15) is 31.7 Å². The number of nitrogens with one attached hydrogen (secondary N) is 1. The van der Waals surface area contributed by atoms with Gasteiger partial charge < -0.3 is 15.1 Å². The highest BCUT2D eigenvalue weighted by Crippen LogP contribution is 2.29. The first-order chi connectivity index (χ1) is 12.6. The van der Waals surface area contributed by atoms with Crippen LogP contribution in [0.25, 0.3) is 0 Å². The summed E-state index contributed by atoms with van der Waals surface area (Å²) in [6.07, 6.45) is 2.95. The molecule has 0 bridgehead atoms. The molecule has 0 aromatic heterocycles. The van der Waals surface area contributed by atoms with E-state index in [9.17, 15) is 4.79 Å². The maximum Gasteiger partial charge on any atom is 0.271 e. The monoisotopic (exact) mass is 349 g/mol. The first-order valence-corrected chi connectivity index (χ1v) is 9.11. The van der Waals surface area contributed by atoms with E-state index in [0.717, 1.165) is 30.1 Å². The van der Waals surface area contributed by atoms with Crippen LogP contribution in [0.3, 0.4) is 0 Å². The number of nitrogens with zero attached hydrogens (tertiary/aromatic N) is 2. The molecule has 26 heavy (non-hydrogen) atoms. The van der Waals surface area contributed by atoms with Gasteiger partial charge >= 0.3 is 0 Å². The van der Waals surface area contributed by atoms with Crippen molar-refractivity contribution >= 4 is 23.0 Å². The Morgan fingerprint density at radius 2 is 1.77 bits per heavy atom. The Morgan fingerprint density at radius 1 is 1.08 bits per heavy atom. The topological polar surface area (TPSA) is 53.9 Å². The lowest BCUT2D eigenvalue weighted by atomic mass is 9.95. The number of carbonyl (C=O) groups excluding carboxylic acids is 1. The Bertz CT molecular complexity index is 811. The summed E-state index contributed by atoms with van der Waals surface area (Å²) < 4.78 is 0. The number of anilines is 2. The zero-order valence-corrected chi connectivity index (χ0v) is 14.9. The average Bonchev–Trinajstić information content (AvgIpc) is 3.34. The fraction of sp³-hybridized carbons (Fsp3) is 0.333. The van der Waals surface area contributed by atoms with Crippen LogP contribution in [0, 0.1) is 0 Å². The molecule has 2 aromatic rings. The number of benzene rings is 2. The number of hydrogen-bond acceptors (Lipinski definition) is 4. The molecule has 1 atom stereocenters.